The lowest BCUT2D eigenvalue weighted by atomic mass is 10.0. The third kappa shape index (κ3) is 7.11. The summed E-state index contributed by atoms with van der Waals surface area (Å²) in [6, 6.07) is 9.39. The molecule has 2 aromatic rings. The zero-order valence-corrected chi connectivity index (χ0v) is 19.3. The lowest BCUT2D eigenvalue weighted by Crippen LogP contribution is -2.31. The second-order valence-electron chi connectivity index (χ2n) is 8.54. The van der Waals surface area contributed by atoms with E-state index in [0.717, 1.165) is 24.2 Å². The predicted octanol–water partition coefficient (Wildman–Crippen LogP) is 4.36. The van der Waals surface area contributed by atoms with E-state index in [1.165, 1.54) is 25.7 Å². The number of carbonyl (C=O) groups is 2. The molecule has 1 aliphatic rings. The van der Waals surface area contributed by atoms with E-state index in [4.69, 9.17) is 9.26 Å². The zero-order chi connectivity index (χ0) is 22.8. The molecule has 1 saturated carbocycles. The number of hydrogen-bond acceptors (Lipinski definition) is 5. The first-order chi connectivity index (χ1) is 15.6. The van der Waals surface area contributed by atoms with Gasteiger partial charge in [-0.05, 0) is 42.9 Å². The van der Waals surface area contributed by atoms with Crippen molar-refractivity contribution >= 4 is 11.8 Å². The highest BCUT2D eigenvalue weighted by Crippen LogP contribution is 2.28. The molecular formula is C25H35N3O4. The molecule has 0 unspecified atom stereocenters. The summed E-state index contributed by atoms with van der Waals surface area (Å²) in [7, 11) is 1.63. The molecule has 1 heterocycles. The quantitative estimate of drug-likeness (QED) is 0.529. The maximum absolute atomic E-state index is 12.7. The van der Waals surface area contributed by atoms with Gasteiger partial charge in [-0.3, -0.25) is 9.59 Å². The van der Waals surface area contributed by atoms with E-state index in [2.05, 4.69) is 17.4 Å². The Hall–Kier alpha value is -2.83. The molecule has 1 aromatic heterocycles. The Morgan fingerprint density at radius 1 is 1.22 bits per heavy atom. The summed E-state index contributed by atoms with van der Waals surface area (Å²) in [5, 5.41) is 6.77. The highest BCUT2D eigenvalue weighted by Gasteiger charge is 2.21. The van der Waals surface area contributed by atoms with Gasteiger partial charge in [0.25, 0.3) is 5.91 Å². The highest BCUT2D eigenvalue weighted by atomic mass is 16.5. The highest BCUT2D eigenvalue weighted by molar-refractivity contribution is 5.92. The second-order valence-corrected chi connectivity index (χ2v) is 8.54. The smallest absolute Gasteiger partial charge is 0.273 e. The molecule has 0 saturated heterocycles. The molecule has 3 rings (SSSR count). The van der Waals surface area contributed by atoms with Crippen LogP contribution in [0.3, 0.4) is 0 Å². The van der Waals surface area contributed by atoms with Crippen LogP contribution in [0.2, 0.25) is 0 Å². The molecule has 0 radical (unpaired) electrons. The number of rotatable bonds is 12. The number of aromatic nitrogens is 1. The molecule has 1 N–H and O–H groups in total. The average Bonchev–Trinajstić information content (AvgIpc) is 3.50. The van der Waals surface area contributed by atoms with Crippen molar-refractivity contribution in [2.45, 2.75) is 64.8 Å². The van der Waals surface area contributed by atoms with Gasteiger partial charge in [0, 0.05) is 25.6 Å². The van der Waals surface area contributed by atoms with Gasteiger partial charge in [-0.2, -0.15) is 0 Å². The van der Waals surface area contributed by atoms with Crippen molar-refractivity contribution in [3.8, 4) is 5.75 Å². The van der Waals surface area contributed by atoms with Crippen LogP contribution in [0, 0.1) is 5.92 Å². The van der Waals surface area contributed by atoms with Gasteiger partial charge < -0.3 is 19.5 Å². The van der Waals surface area contributed by atoms with Gasteiger partial charge in [0.2, 0.25) is 5.91 Å². The Labute approximate surface area is 190 Å². The van der Waals surface area contributed by atoms with Crippen LogP contribution < -0.4 is 10.1 Å². The molecule has 32 heavy (non-hydrogen) atoms. The molecule has 0 spiro atoms. The molecule has 1 aliphatic carbocycles. The van der Waals surface area contributed by atoms with Crippen molar-refractivity contribution in [3.05, 3.63) is 47.3 Å². The van der Waals surface area contributed by atoms with Gasteiger partial charge in [-0.15, -0.1) is 0 Å². The normalized spacial score (nSPS) is 13.8. The SMILES string of the molecule is CCCN(Cc1cc(C(=O)NCCc2ccc(OC)cc2)no1)C(=O)CCC1CCCC1. The number of carbonyl (C=O) groups excluding carboxylic acids is 2. The van der Waals surface area contributed by atoms with Gasteiger partial charge in [-0.1, -0.05) is 49.9 Å². The maximum atomic E-state index is 12.7. The summed E-state index contributed by atoms with van der Waals surface area (Å²) < 4.78 is 10.5. The number of methoxy groups -OCH3 is 1. The first kappa shape index (κ1) is 23.8. The van der Waals surface area contributed by atoms with Gasteiger partial charge in [0.15, 0.2) is 11.5 Å². The molecule has 7 nitrogen and oxygen atoms in total. The Morgan fingerprint density at radius 2 is 1.97 bits per heavy atom. The van der Waals surface area contributed by atoms with E-state index in [1.807, 2.05) is 29.2 Å². The molecule has 0 aliphatic heterocycles. The third-order valence-electron chi connectivity index (χ3n) is 6.08. The van der Waals surface area contributed by atoms with Crippen molar-refractivity contribution in [1.29, 1.82) is 0 Å². The summed E-state index contributed by atoms with van der Waals surface area (Å²) in [4.78, 5) is 27.0. The van der Waals surface area contributed by atoms with Crippen LogP contribution >= 0.6 is 0 Å². The van der Waals surface area contributed by atoms with E-state index in [9.17, 15) is 9.59 Å². The van der Waals surface area contributed by atoms with Crippen LogP contribution in [0.1, 0.15) is 73.7 Å². The monoisotopic (exact) mass is 441 g/mol. The Kier molecular flexibility index (Phi) is 9.13. The van der Waals surface area contributed by atoms with E-state index in [1.54, 1.807) is 13.2 Å². The molecule has 0 bridgehead atoms. The maximum Gasteiger partial charge on any atom is 0.273 e. The van der Waals surface area contributed by atoms with Crippen molar-refractivity contribution in [2.75, 3.05) is 20.2 Å². The second kappa shape index (κ2) is 12.3. The molecule has 1 fully saturated rings. The number of nitrogens with zero attached hydrogens (tertiary/aromatic N) is 2. The number of hydrogen-bond donors (Lipinski definition) is 1. The molecule has 1 aromatic carbocycles. The van der Waals surface area contributed by atoms with Crippen LogP contribution in [-0.4, -0.2) is 42.1 Å². The standard InChI is InChI=1S/C25H35N3O4/c1-3-16-28(24(29)13-10-19-6-4-5-7-19)18-22-17-23(27-32-22)25(30)26-15-14-20-8-11-21(31-2)12-9-20/h8-9,11-12,17,19H,3-7,10,13-16,18H2,1-2H3,(H,26,30). The molecule has 2 amide bonds. The van der Waals surface area contributed by atoms with Crippen LogP contribution in [-0.2, 0) is 17.8 Å². The van der Waals surface area contributed by atoms with Crippen LogP contribution in [0.5, 0.6) is 5.75 Å². The predicted molar refractivity (Wildman–Crippen MR) is 122 cm³/mol. The summed E-state index contributed by atoms with van der Waals surface area (Å²) >= 11 is 0. The average molecular weight is 442 g/mol. The lowest BCUT2D eigenvalue weighted by molar-refractivity contribution is -0.132. The fourth-order valence-corrected chi connectivity index (χ4v) is 4.23. The van der Waals surface area contributed by atoms with Crippen LogP contribution in [0.4, 0.5) is 0 Å². The largest absolute Gasteiger partial charge is 0.497 e. The van der Waals surface area contributed by atoms with E-state index >= 15 is 0 Å². The minimum Gasteiger partial charge on any atom is -0.497 e. The Bertz CT molecular complexity index is 856. The summed E-state index contributed by atoms with van der Waals surface area (Å²) in [6.45, 7) is 3.57. The molecular weight excluding hydrogens is 406 g/mol. The fourth-order valence-electron chi connectivity index (χ4n) is 4.23. The van der Waals surface area contributed by atoms with Crippen LogP contribution in [0.15, 0.2) is 34.9 Å². The van der Waals surface area contributed by atoms with Gasteiger partial charge in [-0.25, -0.2) is 0 Å². The van der Waals surface area contributed by atoms with Gasteiger partial charge >= 0.3 is 0 Å². The lowest BCUT2D eigenvalue weighted by Gasteiger charge is -2.21. The molecule has 0 atom stereocenters. The van der Waals surface area contributed by atoms with Crippen molar-refractivity contribution < 1.29 is 18.8 Å². The van der Waals surface area contributed by atoms with Crippen molar-refractivity contribution in [1.82, 2.24) is 15.4 Å². The zero-order valence-electron chi connectivity index (χ0n) is 19.3. The van der Waals surface area contributed by atoms with Gasteiger partial charge in [0.05, 0.1) is 13.7 Å². The van der Waals surface area contributed by atoms with E-state index in [0.29, 0.717) is 44.2 Å². The molecule has 7 heteroatoms. The van der Waals surface area contributed by atoms with E-state index in [-0.39, 0.29) is 17.5 Å². The fraction of sp³-hybridized carbons (Fsp3) is 0.560. The minimum atomic E-state index is -0.275. The molecule has 174 valence electrons. The number of benzene rings is 1. The number of amides is 2. The Morgan fingerprint density at radius 3 is 2.66 bits per heavy atom. The topological polar surface area (TPSA) is 84.7 Å². The number of ether oxygens (including phenoxy) is 1. The Balaban J connectivity index is 1.46. The first-order valence-corrected chi connectivity index (χ1v) is 11.7. The van der Waals surface area contributed by atoms with E-state index < -0.39 is 0 Å². The minimum absolute atomic E-state index is 0.153. The van der Waals surface area contributed by atoms with Crippen molar-refractivity contribution in [2.24, 2.45) is 5.92 Å². The van der Waals surface area contributed by atoms with Gasteiger partial charge in [0.1, 0.15) is 5.75 Å². The summed E-state index contributed by atoms with van der Waals surface area (Å²) in [5.74, 6) is 1.92. The summed E-state index contributed by atoms with van der Waals surface area (Å²) in [6.07, 6.45) is 8.22. The third-order valence-corrected chi connectivity index (χ3v) is 6.08. The van der Waals surface area contributed by atoms with Crippen molar-refractivity contribution in [3.63, 3.8) is 0 Å². The van der Waals surface area contributed by atoms with Crippen LogP contribution in [0.25, 0.3) is 0 Å². The summed E-state index contributed by atoms with van der Waals surface area (Å²) in [5.41, 5.74) is 1.35. The number of nitrogens with one attached hydrogen (secondary N) is 1. The first-order valence-electron chi connectivity index (χ1n) is 11.7.